The lowest BCUT2D eigenvalue weighted by Crippen LogP contribution is -2.48. The maximum absolute atomic E-state index is 14.2. The van der Waals surface area contributed by atoms with Gasteiger partial charge < -0.3 is 10.0 Å². The Hall–Kier alpha value is -2.68. The van der Waals surface area contributed by atoms with E-state index in [1.807, 2.05) is 50.3 Å². The number of aromatic nitrogens is 1. The largest absolute Gasteiger partial charge is 0.480 e. The van der Waals surface area contributed by atoms with Crippen LogP contribution in [0.25, 0.3) is 0 Å². The van der Waals surface area contributed by atoms with Gasteiger partial charge in [-0.2, -0.15) is 0 Å². The fraction of sp³-hybridized carbons (Fsp3) is 0.529. The summed E-state index contributed by atoms with van der Waals surface area (Å²) in [6, 6.07) is 12.9. The third-order valence-corrected chi connectivity index (χ3v) is 10.3. The van der Waals surface area contributed by atoms with Gasteiger partial charge in [-0.1, -0.05) is 52.0 Å². The number of halogens is 2. The van der Waals surface area contributed by atoms with Crippen LogP contribution in [0.3, 0.4) is 0 Å². The number of aryl methyl sites for hydroxylation is 1. The van der Waals surface area contributed by atoms with E-state index in [2.05, 4.69) is 16.7 Å². The van der Waals surface area contributed by atoms with Crippen LogP contribution < -0.4 is 0 Å². The van der Waals surface area contributed by atoms with Gasteiger partial charge in [-0.15, -0.1) is 11.3 Å². The second kappa shape index (κ2) is 12.9. The van der Waals surface area contributed by atoms with Gasteiger partial charge in [0.2, 0.25) is 0 Å². The van der Waals surface area contributed by atoms with Gasteiger partial charge in [0.25, 0.3) is 0 Å². The minimum absolute atomic E-state index is 0.0878. The molecule has 0 unspecified atom stereocenters. The van der Waals surface area contributed by atoms with E-state index in [4.69, 9.17) is 4.98 Å². The Morgan fingerprint density at radius 3 is 2.40 bits per heavy atom. The van der Waals surface area contributed by atoms with E-state index < -0.39 is 17.4 Å². The molecule has 3 heterocycles. The molecule has 3 aromatic rings. The number of hydrogen-bond acceptors (Lipinski definition) is 5. The molecule has 0 saturated carbocycles. The van der Waals surface area contributed by atoms with Crippen molar-refractivity contribution in [1.82, 2.24) is 14.8 Å². The molecule has 8 heteroatoms. The summed E-state index contributed by atoms with van der Waals surface area (Å²) in [7, 11) is 0. The van der Waals surface area contributed by atoms with Crippen LogP contribution >= 0.6 is 11.3 Å². The lowest BCUT2D eigenvalue weighted by molar-refractivity contribution is -0.147. The predicted molar refractivity (Wildman–Crippen MR) is 164 cm³/mol. The van der Waals surface area contributed by atoms with Gasteiger partial charge in [0.15, 0.2) is 0 Å². The smallest absolute Gasteiger partial charge is 0.321 e. The number of nitrogens with zero attached hydrogens (tertiary/aromatic N) is 3. The van der Waals surface area contributed by atoms with Crippen LogP contribution in [0.5, 0.6) is 0 Å². The predicted octanol–water partition coefficient (Wildman–Crippen LogP) is 6.97. The van der Waals surface area contributed by atoms with Crippen molar-refractivity contribution in [2.75, 3.05) is 32.7 Å². The average molecular weight is 596 g/mol. The summed E-state index contributed by atoms with van der Waals surface area (Å²) >= 11 is 1.81. The van der Waals surface area contributed by atoms with E-state index in [-0.39, 0.29) is 23.5 Å². The number of carboxylic acid groups (broad SMARTS) is 1. The van der Waals surface area contributed by atoms with Crippen LogP contribution in [-0.4, -0.2) is 64.6 Å². The highest BCUT2D eigenvalue weighted by molar-refractivity contribution is 7.11. The molecule has 0 bridgehead atoms. The molecule has 226 valence electrons. The first kappa shape index (κ1) is 30.8. The van der Waals surface area contributed by atoms with Gasteiger partial charge in [0.05, 0.1) is 10.7 Å². The topological polar surface area (TPSA) is 56.7 Å². The Balaban J connectivity index is 1.27. The molecule has 0 amide bonds. The fourth-order valence-corrected chi connectivity index (χ4v) is 8.40. The Labute approximate surface area is 252 Å². The molecule has 2 saturated heterocycles. The van der Waals surface area contributed by atoms with E-state index in [9.17, 15) is 18.7 Å². The highest BCUT2D eigenvalue weighted by Crippen LogP contribution is 2.40. The maximum Gasteiger partial charge on any atom is 0.321 e. The Kier molecular flexibility index (Phi) is 9.45. The quantitative estimate of drug-likeness (QED) is 0.290. The van der Waals surface area contributed by atoms with Gasteiger partial charge in [-0.3, -0.25) is 9.69 Å². The van der Waals surface area contributed by atoms with Crippen LogP contribution in [0.1, 0.15) is 79.1 Å². The van der Waals surface area contributed by atoms with Gasteiger partial charge in [0.1, 0.15) is 17.7 Å². The number of hydrogen-bond donors (Lipinski definition) is 1. The van der Waals surface area contributed by atoms with Crippen LogP contribution in [0.4, 0.5) is 8.78 Å². The molecule has 5 nitrogen and oxygen atoms in total. The van der Waals surface area contributed by atoms with Gasteiger partial charge in [0, 0.05) is 36.9 Å². The zero-order valence-corrected chi connectivity index (χ0v) is 26.0. The molecule has 0 radical (unpaired) electrons. The zero-order valence-electron chi connectivity index (χ0n) is 25.2. The lowest BCUT2D eigenvalue weighted by Gasteiger charge is -2.36. The van der Waals surface area contributed by atoms with Crippen molar-refractivity contribution in [3.05, 3.63) is 86.9 Å². The average Bonchev–Trinajstić information content (AvgIpc) is 3.53. The monoisotopic (exact) mass is 595 g/mol. The van der Waals surface area contributed by atoms with Crippen LogP contribution in [0.15, 0.2) is 48.5 Å². The molecule has 3 atom stereocenters. The summed E-state index contributed by atoms with van der Waals surface area (Å²) in [6.45, 7) is 12.3. The number of rotatable bonds is 9. The van der Waals surface area contributed by atoms with Crippen molar-refractivity contribution in [1.29, 1.82) is 0 Å². The SMILES string of the molecule is CCc1nc(Cc2ccc(F)cc2)sc1C1CCN(C[C@H]2CN([C@@H](C(=O)O)C(C)(C)C)C[C@@H]2c2cccc(F)c2)CC1. The van der Waals surface area contributed by atoms with Crippen LogP contribution in [0, 0.1) is 23.0 Å². The highest BCUT2D eigenvalue weighted by atomic mass is 32.1. The summed E-state index contributed by atoms with van der Waals surface area (Å²) < 4.78 is 27.6. The molecular formula is C34H43F2N3O2S. The van der Waals surface area contributed by atoms with Crippen molar-refractivity contribution in [2.45, 2.75) is 71.3 Å². The number of carbonyl (C=O) groups is 1. The summed E-state index contributed by atoms with van der Waals surface area (Å²) in [6.07, 6.45) is 3.75. The lowest BCUT2D eigenvalue weighted by atomic mass is 9.85. The summed E-state index contributed by atoms with van der Waals surface area (Å²) in [5, 5.41) is 11.2. The minimum atomic E-state index is -0.794. The van der Waals surface area contributed by atoms with E-state index >= 15 is 0 Å². The fourth-order valence-electron chi connectivity index (χ4n) is 7.04. The molecule has 0 aliphatic carbocycles. The number of carboxylic acids is 1. The van der Waals surface area contributed by atoms with E-state index in [0.29, 0.717) is 19.0 Å². The third kappa shape index (κ3) is 7.09. The first-order valence-corrected chi connectivity index (χ1v) is 16.0. The molecule has 2 aliphatic rings. The number of benzene rings is 2. The van der Waals surface area contributed by atoms with E-state index in [0.717, 1.165) is 61.5 Å². The molecule has 2 aliphatic heterocycles. The molecular weight excluding hydrogens is 552 g/mol. The number of aliphatic carboxylic acids is 1. The van der Waals surface area contributed by atoms with Gasteiger partial charge >= 0.3 is 5.97 Å². The molecule has 42 heavy (non-hydrogen) atoms. The van der Waals surface area contributed by atoms with Crippen LogP contribution in [-0.2, 0) is 17.6 Å². The Morgan fingerprint density at radius 2 is 1.79 bits per heavy atom. The molecule has 2 aromatic carbocycles. The number of likely N-dealkylation sites (tertiary alicyclic amines) is 2. The van der Waals surface area contributed by atoms with Crippen LogP contribution in [0.2, 0.25) is 0 Å². The van der Waals surface area contributed by atoms with E-state index in [1.165, 1.54) is 28.8 Å². The molecule has 1 N–H and O–H groups in total. The van der Waals surface area contributed by atoms with E-state index in [1.54, 1.807) is 12.1 Å². The van der Waals surface area contributed by atoms with Gasteiger partial charge in [-0.05, 0) is 85.0 Å². The summed E-state index contributed by atoms with van der Waals surface area (Å²) in [5.41, 5.74) is 2.81. The standard InChI is InChI=1S/C34H43F2N3O2S/c1-5-29-31(42-30(37-29)17-22-9-11-26(35)12-10-22)23-13-15-38(16-14-23)19-25-20-39(32(33(40)41)34(2,3)4)21-28(25)24-7-6-8-27(36)18-24/h6-12,18,23,25,28,32H,5,13-17,19-21H2,1-4H3,(H,40,41)/t25-,28+,32-/m0/s1. The highest BCUT2D eigenvalue weighted by Gasteiger charge is 2.44. The second-order valence-corrected chi connectivity index (χ2v) is 14.2. The second-order valence-electron chi connectivity index (χ2n) is 13.1. The van der Waals surface area contributed by atoms with Crippen molar-refractivity contribution in [2.24, 2.45) is 11.3 Å². The Bertz CT molecular complexity index is 1360. The molecule has 5 rings (SSSR count). The van der Waals surface area contributed by atoms with Crippen molar-refractivity contribution >= 4 is 17.3 Å². The minimum Gasteiger partial charge on any atom is -0.480 e. The summed E-state index contributed by atoms with van der Waals surface area (Å²) in [4.78, 5) is 23.3. The number of thiazole rings is 1. The molecule has 2 fully saturated rings. The van der Waals surface area contributed by atoms with Crippen molar-refractivity contribution < 1.29 is 18.7 Å². The summed E-state index contributed by atoms with van der Waals surface area (Å²) in [5.74, 6) is -0.465. The first-order valence-electron chi connectivity index (χ1n) is 15.2. The normalized spacial score (nSPS) is 21.6. The van der Waals surface area contributed by atoms with Gasteiger partial charge in [-0.25, -0.2) is 13.8 Å². The Morgan fingerprint density at radius 1 is 1.07 bits per heavy atom. The molecule has 1 aromatic heterocycles. The first-order chi connectivity index (χ1) is 20.0. The zero-order chi connectivity index (χ0) is 30.0. The third-order valence-electron chi connectivity index (χ3n) is 8.99. The molecule has 0 spiro atoms. The van der Waals surface area contributed by atoms with Crippen molar-refractivity contribution in [3.8, 4) is 0 Å². The maximum atomic E-state index is 14.2. The van der Waals surface area contributed by atoms with Crippen molar-refractivity contribution in [3.63, 3.8) is 0 Å². The number of piperidine rings is 1.